The van der Waals surface area contributed by atoms with Crippen LogP contribution in [0.2, 0.25) is 5.02 Å². The summed E-state index contributed by atoms with van der Waals surface area (Å²) in [6.45, 7) is 1.90. The molecule has 134 valence electrons. The highest BCUT2D eigenvalue weighted by Gasteiger charge is 2.13. The van der Waals surface area contributed by atoms with E-state index in [1.165, 1.54) is 0 Å². The highest BCUT2D eigenvalue weighted by Crippen LogP contribution is 2.30. The topological polar surface area (TPSA) is 57.8 Å². The first-order valence-corrected chi connectivity index (χ1v) is 9.50. The minimum atomic E-state index is -0.169. The Balaban J connectivity index is 1.67. The molecule has 0 atom stereocenters. The quantitative estimate of drug-likeness (QED) is 0.398. The Hall–Kier alpha value is -2.63. The van der Waals surface area contributed by atoms with Crippen molar-refractivity contribution in [3.8, 4) is 11.4 Å². The lowest BCUT2D eigenvalue weighted by molar-refractivity contribution is 0.102. The van der Waals surface area contributed by atoms with Crippen molar-refractivity contribution in [3.05, 3.63) is 81.3 Å². The van der Waals surface area contributed by atoms with Crippen LogP contribution in [0.15, 0.2) is 65.1 Å². The number of fused-ring (bicyclic) bond motifs is 1. The first kappa shape index (κ1) is 17.8. The highest BCUT2D eigenvalue weighted by molar-refractivity contribution is 9.10. The van der Waals surface area contributed by atoms with Crippen LogP contribution in [0.1, 0.15) is 15.9 Å². The molecule has 4 nitrogen and oxygen atoms in total. The van der Waals surface area contributed by atoms with E-state index in [0.29, 0.717) is 22.1 Å². The van der Waals surface area contributed by atoms with E-state index in [0.717, 1.165) is 26.6 Å². The van der Waals surface area contributed by atoms with Crippen molar-refractivity contribution in [2.24, 2.45) is 0 Å². The van der Waals surface area contributed by atoms with Crippen LogP contribution in [-0.4, -0.2) is 15.9 Å². The molecule has 0 spiro atoms. The fourth-order valence-corrected chi connectivity index (χ4v) is 3.63. The zero-order valence-corrected chi connectivity index (χ0v) is 16.7. The van der Waals surface area contributed by atoms with Gasteiger partial charge in [-0.2, -0.15) is 0 Å². The monoisotopic (exact) mass is 439 g/mol. The number of nitrogens with zero attached hydrogens (tertiary/aromatic N) is 1. The fraction of sp³-hybridized carbons (Fsp3) is 0.0476. The molecule has 4 aromatic rings. The summed E-state index contributed by atoms with van der Waals surface area (Å²) < 4.78 is 0.940. The van der Waals surface area contributed by atoms with Crippen LogP contribution in [0.25, 0.3) is 22.4 Å². The number of anilines is 1. The molecular formula is C21H15BrClN3O. The molecule has 3 aromatic carbocycles. The molecule has 0 saturated carbocycles. The summed E-state index contributed by atoms with van der Waals surface area (Å²) in [5.41, 5.74) is 4.71. The molecule has 0 radical (unpaired) electrons. The predicted molar refractivity (Wildman–Crippen MR) is 113 cm³/mol. The third kappa shape index (κ3) is 3.61. The van der Waals surface area contributed by atoms with Gasteiger partial charge >= 0.3 is 0 Å². The summed E-state index contributed by atoms with van der Waals surface area (Å²) in [7, 11) is 0. The minimum absolute atomic E-state index is 0.169. The van der Waals surface area contributed by atoms with E-state index in [2.05, 4.69) is 31.2 Å². The first-order chi connectivity index (χ1) is 13.0. The number of halogens is 2. The second-order valence-electron chi connectivity index (χ2n) is 6.21. The maximum Gasteiger partial charge on any atom is 0.255 e. The molecule has 1 heterocycles. The number of nitrogens with one attached hydrogen (secondary N) is 2. The first-order valence-electron chi connectivity index (χ1n) is 8.33. The maximum atomic E-state index is 12.6. The average molecular weight is 441 g/mol. The summed E-state index contributed by atoms with van der Waals surface area (Å²) in [6, 6.07) is 18.7. The Labute approximate surface area is 169 Å². The lowest BCUT2D eigenvalue weighted by Crippen LogP contribution is -2.13. The molecule has 0 aliphatic carbocycles. The molecule has 1 aromatic heterocycles. The van der Waals surface area contributed by atoms with E-state index in [1.807, 2.05) is 49.4 Å². The second kappa shape index (κ2) is 7.18. The summed E-state index contributed by atoms with van der Waals surface area (Å²) in [6.07, 6.45) is 0. The summed E-state index contributed by atoms with van der Waals surface area (Å²) in [5.74, 6) is 0.495. The van der Waals surface area contributed by atoms with Gasteiger partial charge in [0.15, 0.2) is 0 Å². The molecule has 0 fully saturated rings. The van der Waals surface area contributed by atoms with Gasteiger partial charge < -0.3 is 10.3 Å². The lowest BCUT2D eigenvalue weighted by Gasteiger charge is -2.10. The van der Waals surface area contributed by atoms with Crippen molar-refractivity contribution in [2.75, 3.05) is 5.32 Å². The van der Waals surface area contributed by atoms with Gasteiger partial charge in [-0.05, 0) is 61.0 Å². The Morgan fingerprint density at radius 3 is 2.70 bits per heavy atom. The predicted octanol–water partition coefficient (Wildman–Crippen LogP) is 6.21. The summed E-state index contributed by atoms with van der Waals surface area (Å²) in [5, 5.41) is 3.50. The van der Waals surface area contributed by atoms with Crippen LogP contribution in [0.5, 0.6) is 0 Å². The molecular weight excluding hydrogens is 426 g/mol. The minimum Gasteiger partial charge on any atom is -0.338 e. The number of imidazole rings is 1. The Bertz CT molecular complexity index is 1140. The Morgan fingerprint density at radius 2 is 1.93 bits per heavy atom. The number of carbonyl (C=O) groups is 1. The maximum absolute atomic E-state index is 12.6. The fourth-order valence-electron chi connectivity index (χ4n) is 2.95. The molecule has 2 N–H and O–H groups in total. The van der Waals surface area contributed by atoms with Gasteiger partial charge in [-0.3, -0.25) is 4.79 Å². The molecule has 0 bridgehead atoms. The molecule has 27 heavy (non-hydrogen) atoms. The number of aromatic amines is 1. The lowest BCUT2D eigenvalue weighted by atomic mass is 10.1. The zero-order valence-electron chi connectivity index (χ0n) is 14.4. The smallest absolute Gasteiger partial charge is 0.255 e. The van der Waals surface area contributed by atoms with Crippen LogP contribution in [-0.2, 0) is 0 Å². The highest BCUT2D eigenvalue weighted by atomic mass is 79.9. The second-order valence-corrected chi connectivity index (χ2v) is 7.53. The number of aromatic nitrogens is 2. The number of rotatable bonds is 3. The number of hydrogen-bond acceptors (Lipinski definition) is 2. The third-order valence-electron chi connectivity index (χ3n) is 4.30. The van der Waals surface area contributed by atoms with Gasteiger partial charge in [0.05, 0.1) is 16.1 Å². The van der Waals surface area contributed by atoms with E-state index < -0.39 is 0 Å². The zero-order chi connectivity index (χ0) is 19.0. The summed E-state index contributed by atoms with van der Waals surface area (Å²) >= 11 is 9.79. The van der Waals surface area contributed by atoms with Gasteiger partial charge in [0.1, 0.15) is 5.82 Å². The molecule has 6 heteroatoms. The molecule has 1 amide bonds. The van der Waals surface area contributed by atoms with E-state index in [4.69, 9.17) is 11.6 Å². The van der Waals surface area contributed by atoms with Crippen molar-refractivity contribution in [1.29, 1.82) is 0 Å². The summed E-state index contributed by atoms with van der Waals surface area (Å²) in [4.78, 5) is 20.5. The molecule has 0 aliphatic rings. The number of hydrogen-bond donors (Lipinski definition) is 2. The number of aryl methyl sites for hydroxylation is 1. The van der Waals surface area contributed by atoms with Crippen LogP contribution in [0.4, 0.5) is 5.69 Å². The number of benzene rings is 3. The molecule has 0 aliphatic heterocycles. The van der Waals surface area contributed by atoms with E-state index in [9.17, 15) is 4.79 Å². The van der Waals surface area contributed by atoms with Crippen LogP contribution in [0.3, 0.4) is 0 Å². The average Bonchev–Trinajstić information content (AvgIpc) is 3.07. The number of H-pyrrole nitrogens is 1. The molecule has 4 rings (SSSR count). The van der Waals surface area contributed by atoms with E-state index in [-0.39, 0.29) is 5.91 Å². The van der Waals surface area contributed by atoms with Gasteiger partial charge in [0.2, 0.25) is 0 Å². The van der Waals surface area contributed by atoms with Crippen molar-refractivity contribution < 1.29 is 4.79 Å². The third-order valence-corrected chi connectivity index (χ3v) is 5.12. The van der Waals surface area contributed by atoms with Crippen LogP contribution in [0, 0.1) is 6.92 Å². The van der Waals surface area contributed by atoms with Crippen LogP contribution >= 0.6 is 27.5 Å². The van der Waals surface area contributed by atoms with Crippen LogP contribution < -0.4 is 5.32 Å². The van der Waals surface area contributed by atoms with Crippen molar-refractivity contribution in [3.63, 3.8) is 0 Å². The van der Waals surface area contributed by atoms with Gasteiger partial charge in [0, 0.05) is 21.3 Å². The number of carbonyl (C=O) groups excluding carboxylic acids is 1. The van der Waals surface area contributed by atoms with Crippen molar-refractivity contribution in [2.45, 2.75) is 6.92 Å². The Kier molecular flexibility index (Phi) is 4.72. The van der Waals surface area contributed by atoms with Gasteiger partial charge in [-0.15, -0.1) is 0 Å². The van der Waals surface area contributed by atoms with Gasteiger partial charge in [-0.1, -0.05) is 39.7 Å². The molecule has 0 saturated heterocycles. The number of para-hydroxylation sites is 2. The molecule has 0 unspecified atom stereocenters. The normalized spacial score (nSPS) is 10.9. The number of amides is 1. The van der Waals surface area contributed by atoms with Gasteiger partial charge in [-0.25, -0.2) is 4.98 Å². The van der Waals surface area contributed by atoms with Crippen molar-refractivity contribution >= 4 is 50.2 Å². The van der Waals surface area contributed by atoms with Crippen molar-refractivity contribution in [1.82, 2.24) is 9.97 Å². The standard InChI is InChI=1S/C21H15BrClN3O/c1-12-10-13(22)6-8-15(12)21(27)24-14-7-9-17(23)16(11-14)20-25-18-4-2-3-5-19(18)26-20/h2-11H,1H3,(H,24,27)(H,25,26). The van der Waals surface area contributed by atoms with E-state index in [1.54, 1.807) is 18.2 Å². The largest absolute Gasteiger partial charge is 0.338 e. The van der Waals surface area contributed by atoms with E-state index >= 15 is 0 Å². The Morgan fingerprint density at radius 1 is 1.11 bits per heavy atom. The SMILES string of the molecule is Cc1cc(Br)ccc1C(=O)Nc1ccc(Cl)c(-c2nc3ccccc3[nH]2)c1. The van der Waals surface area contributed by atoms with Gasteiger partial charge in [0.25, 0.3) is 5.91 Å².